The van der Waals surface area contributed by atoms with Crippen molar-refractivity contribution in [1.29, 1.82) is 0 Å². The largest absolute Gasteiger partial charge is 0.456 e. The lowest BCUT2D eigenvalue weighted by Gasteiger charge is -2.27. The third-order valence-electron chi connectivity index (χ3n) is 13.3. The molecule has 65 heavy (non-hydrogen) atoms. The predicted octanol–water partition coefficient (Wildman–Crippen LogP) is 17.1. The molecule has 0 radical (unpaired) electrons. The van der Waals surface area contributed by atoms with Crippen molar-refractivity contribution in [2.75, 3.05) is 4.90 Å². The Hall–Kier alpha value is -8.66. The summed E-state index contributed by atoms with van der Waals surface area (Å²) in [5.74, 6) is 0. The summed E-state index contributed by atoms with van der Waals surface area (Å²) in [6, 6.07) is 76.5. The lowest BCUT2D eigenvalue weighted by Crippen LogP contribution is -2.12. The minimum absolute atomic E-state index is 0.869. The molecule has 1 aliphatic heterocycles. The summed E-state index contributed by atoms with van der Waals surface area (Å²) < 4.78 is 8.68. The molecule has 0 atom stereocenters. The third kappa shape index (κ3) is 6.05. The topological polar surface area (TPSA) is 21.3 Å². The van der Waals surface area contributed by atoms with Crippen LogP contribution in [0.1, 0.15) is 11.1 Å². The molecule has 3 heteroatoms. The van der Waals surface area contributed by atoms with Crippen LogP contribution < -0.4 is 4.90 Å². The molecule has 1 aliphatic rings. The summed E-state index contributed by atoms with van der Waals surface area (Å²) in [5, 5.41) is 9.62. The number of para-hydroxylation sites is 2. The highest BCUT2D eigenvalue weighted by atomic mass is 16.3. The minimum atomic E-state index is 0.869. The molecular formula is C62H40N2O. The van der Waals surface area contributed by atoms with Crippen molar-refractivity contribution in [2.24, 2.45) is 0 Å². The van der Waals surface area contributed by atoms with Crippen molar-refractivity contribution in [3.8, 4) is 27.9 Å². The van der Waals surface area contributed by atoms with Crippen molar-refractivity contribution in [3.63, 3.8) is 0 Å². The number of furan rings is 1. The van der Waals surface area contributed by atoms with E-state index in [4.69, 9.17) is 11.0 Å². The summed E-state index contributed by atoms with van der Waals surface area (Å²) in [6.07, 6.45) is 6.68. The van der Waals surface area contributed by atoms with Crippen LogP contribution in [0.15, 0.2) is 242 Å². The maximum Gasteiger partial charge on any atom is 0.135 e. The fourth-order valence-corrected chi connectivity index (χ4v) is 10.2. The van der Waals surface area contributed by atoms with Crippen molar-refractivity contribution >= 4 is 87.8 Å². The first-order valence-corrected chi connectivity index (χ1v) is 22.2. The van der Waals surface area contributed by atoms with Gasteiger partial charge in [-0.3, -0.25) is 0 Å². The Kier molecular flexibility index (Phi) is 8.37. The molecule has 2 aromatic heterocycles. The maximum atomic E-state index is 6.29. The van der Waals surface area contributed by atoms with E-state index in [0.29, 0.717) is 0 Å². The Morgan fingerprint density at radius 3 is 1.98 bits per heavy atom. The lowest BCUT2D eigenvalue weighted by molar-refractivity contribution is 0.669. The van der Waals surface area contributed by atoms with E-state index in [1.54, 1.807) is 0 Å². The fraction of sp³-hybridized carbons (Fsp3) is 0. The van der Waals surface area contributed by atoms with Crippen LogP contribution in [0.3, 0.4) is 0 Å². The molecule has 13 rings (SSSR count). The molecule has 0 amide bonds. The van der Waals surface area contributed by atoms with E-state index in [2.05, 4.69) is 228 Å². The number of aromatic nitrogens is 1. The van der Waals surface area contributed by atoms with E-state index >= 15 is 0 Å². The van der Waals surface area contributed by atoms with Gasteiger partial charge in [0.2, 0.25) is 0 Å². The number of hydrogen-bond donors (Lipinski definition) is 0. The summed E-state index contributed by atoms with van der Waals surface area (Å²) >= 11 is 0. The summed E-state index contributed by atoms with van der Waals surface area (Å²) in [5.41, 5.74) is 16.2. The van der Waals surface area contributed by atoms with Gasteiger partial charge in [0.25, 0.3) is 0 Å². The van der Waals surface area contributed by atoms with Crippen molar-refractivity contribution < 1.29 is 4.42 Å². The summed E-state index contributed by atoms with van der Waals surface area (Å²) in [4.78, 5) is 2.30. The van der Waals surface area contributed by atoms with Gasteiger partial charge < -0.3 is 13.9 Å². The number of allylic oxidation sites excluding steroid dienone is 4. The minimum Gasteiger partial charge on any atom is -0.456 e. The second-order valence-corrected chi connectivity index (χ2v) is 17.0. The van der Waals surface area contributed by atoms with E-state index in [0.717, 1.165) is 72.4 Å². The molecule has 3 heterocycles. The number of nitrogens with zero attached hydrogens (tertiary/aromatic N) is 2. The Balaban J connectivity index is 0.992. The first-order chi connectivity index (χ1) is 32.1. The van der Waals surface area contributed by atoms with Crippen LogP contribution in [-0.2, 0) is 0 Å². The van der Waals surface area contributed by atoms with Gasteiger partial charge >= 0.3 is 0 Å². The molecule has 0 saturated heterocycles. The van der Waals surface area contributed by atoms with E-state index in [9.17, 15) is 0 Å². The van der Waals surface area contributed by atoms with Gasteiger partial charge in [0.05, 0.1) is 16.7 Å². The zero-order valence-corrected chi connectivity index (χ0v) is 35.4. The first kappa shape index (κ1) is 36.9. The molecule has 0 fully saturated rings. The number of benzene rings is 10. The zero-order valence-electron chi connectivity index (χ0n) is 35.4. The molecule has 0 bridgehead atoms. The quantitative estimate of drug-likeness (QED) is 0.172. The average Bonchev–Trinajstić information content (AvgIpc) is 3.91. The molecule has 10 aromatic carbocycles. The van der Waals surface area contributed by atoms with Gasteiger partial charge in [0.1, 0.15) is 11.2 Å². The van der Waals surface area contributed by atoms with Gasteiger partial charge in [-0.2, -0.15) is 0 Å². The summed E-state index contributed by atoms with van der Waals surface area (Å²) in [7, 11) is 0. The van der Waals surface area contributed by atoms with Gasteiger partial charge in [0.15, 0.2) is 0 Å². The third-order valence-corrected chi connectivity index (χ3v) is 13.3. The number of anilines is 2. The van der Waals surface area contributed by atoms with Gasteiger partial charge in [-0.1, -0.05) is 146 Å². The molecule has 0 unspecified atom stereocenters. The van der Waals surface area contributed by atoms with Gasteiger partial charge in [-0.25, -0.2) is 0 Å². The van der Waals surface area contributed by atoms with Crippen LogP contribution in [0.4, 0.5) is 11.4 Å². The second kappa shape index (κ2) is 14.7. The van der Waals surface area contributed by atoms with Crippen LogP contribution in [0.2, 0.25) is 0 Å². The van der Waals surface area contributed by atoms with E-state index in [1.165, 1.54) is 54.5 Å². The molecule has 3 nitrogen and oxygen atoms in total. The molecule has 0 aliphatic carbocycles. The van der Waals surface area contributed by atoms with Crippen molar-refractivity contribution in [1.82, 2.24) is 4.57 Å². The Morgan fingerprint density at radius 1 is 0.400 bits per heavy atom. The highest BCUT2D eigenvalue weighted by Crippen LogP contribution is 2.44. The molecule has 304 valence electrons. The number of rotatable bonds is 5. The fourth-order valence-electron chi connectivity index (χ4n) is 10.2. The van der Waals surface area contributed by atoms with E-state index < -0.39 is 0 Å². The zero-order chi connectivity index (χ0) is 43.0. The van der Waals surface area contributed by atoms with Crippen LogP contribution in [0.5, 0.6) is 0 Å². The smallest absolute Gasteiger partial charge is 0.135 e. The Morgan fingerprint density at radius 2 is 1.09 bits per heavy atom. The predicted molar refractivity (Wildman–Crippen MR) is 275 cm³/mol. The number of fused-ring (bicyclic) bond motifs is 10. The van der Waals surface area contributed by atoms with Crippen LogP contribution in [-0.4, -0.2) is 4.57 Å². The average molecular weight is 829 g/mol. The highest BCUT2D eigenvalue weighted by Gasteiger charge is 2.21. The lowest BCUT2D eigenvalue weighted by atomic mass is 9.91. The SMILES string of the molecule is C=C1/C=C(c2cccc(-c3cccc4ccccc34)c2)\C=C/N(c2ccc3oc4ccccc4c3c2)c2ccc(-c3ccc4c(c3)c3c5ccccc5ccc3n4-c3ccccc3)cc21. The van der Waals surface area contributed by atoms with Crippen LogP contribution in [0.25, 0.3) is 104 Å². The monoisotopic (exact) mass is 828 g/mol. The molecule has 0 spiro atoms. The Bertz CT molecular complexity index is 3970. The van der Waals surface area contributed by atoms with Crippen LogP contribution in [0, 0.1) is 0 Å². The second-order valence-electron chi connectivity index (χ2n) is 17.0. The standard InChI is InChI=1S/C62H40N2O/c1-40-35-46(43-16-11-17-47(36-43)51-23-12-15-41-13-5-7-20-50(41)51)33-34-63(49-28-32-61-55(39-49)53-22-9-10-24-60(53)65-61)57-29-26-44(37-54(40)57)45-27-30-58-56(38-45)62-52-21-8-6-14-42(52)25-31-59(62)64(58)48-18-3-2-4-19-48/h2-39H,1H2/b34-33-,46-35+. The Labute approximate surface area is 376 Å². The van der Waals surface area contributed by atoms with Gasteiger partial charge in [-0.15, -0.1) is 0 Å². The molecule has 0 saturated carbocycles. The highest BCUT2D eigenvalue weighted by molar-refractivity contribution is 6.22. The van der Waals surface area contributed by atoms with Gasteiger partial charge in [-0.05, 0) is 145 Å². The van der Waals surface area contributed by atoms with Crippen molar-refractivity contribution in [2.45, 2.75) is 0 Å². The van der Waals surface area contributed by atoms with E-state index in [1.807, 2.05) is 12.1 Å². The summed E-state index contributed by atoms with van der Waals surface area (Å²) in [6.45, 7) is 4.81. The van der Waals surface area contributed by atoms with Gasteiger partial charge in [0, 0.05) is 44.7 Å². The van der Waals surface area contributed by atoms with E-state index in [-0.39, 0.29) is 0 Å². The molecule has 0 N–H and O–H groups in total. The molecular weight excluding hydrogens is 789 g/mol. The first-order valence-electron chi connectivity index (χ1n) is 22.2. The van der Waals surface area contributed by atoms with Crippen LogP contribution >= 0.6 is 0 Å². The number of hydrogen-bond acceptors (Lipinski definition) is 2. The molecule has 12 aromatic rings. The normalized spacial score (nSPS) is 14.2. The maximum absolute atomic E-state index is 6.29. The van der Waals surface area contributed by atoms with Crippen molar-refractivity contribution in [3.05, 3.63) is 248 Å².